The molecule has 1 atom stereocenters. The molecule has 0 bridgehead atoms. The second kappa shape index (κ2) is 22.5. The summed E-state index contributed by atoms with van der Waals surface area (Å²) in [7, 11) is 0. The molecule has 2 N–H and O–H groups in total. The first-order chi connectivity index (χ1) is 14.6. The molecule has 0 aromatic heterocycles. The Hall–Kier alpha value is -1.20. The van der Waals surface area contributed by atoms with Crippen LogP contribution in [-0.2, 0) is 14.3 Å². The smallest absolute Gasteiger partial charge is 0.337 e. The summed E-state index contributed by atoms with van der Waals surface area (Å²) < 4.78 is 4.43. The molecular weight excluding hydrogens is 378 g/mol. The normalized spacial score (nSPS) is 11.9. The number of hydrogen-bond acceptors (Lipinski definition) is 5. The van der Waals surface area contributed by atoms with Crippen molar-refractivity contribution in [3.05, 3.63) is 12.7 Å². The molecule has 0 amide bonds. The second-order valence-electron chi connectivity index (χ2n) is 8.36. The zero-order chi connectivity index (χ0) is 22.3. The van der Waals surface area contributed by atoms with Gasteiger partial charge in [-0.05, 0) is 13.0 Å². The van der Waals surface area contributed by atoms with E-state index in [0.29, 0.717) is 6.54 Å². The van der Waals surface area contributed by atoms with E-state index in [0.717, 1.165) is 19.0 Å². The van der Waals surface area contributed by atoms with Crippen molar-refractivity contribution in [2.24, 2.45) is 0 Å². The van der Waals surface area contributed by atoms with Crippen LogP contribution in [0.4, 0.5) is 0 Å². The Labute approximate surface area is 185 Å². The SMILES string of the molecule is C=CC(=O)OC(=O)CC(O)CNCCCCCCCCCCCCCCCCCC. The topological polar surface area (TPSA) is 75.6 Å². The zero-order valence-corrected chi connectivity index (χ0v) is 19.5. The van der Waals surface area contributed by atoms with E-state index >= 15 is 0 Å². The van der Waals surface area contributed by atoms with Crippen LogP contribution in [0.15, 0.2) is 12.7 Å². The van der Waals surface area contributed by atoms with Gasteiger partial charge in [-0.15, -0.1) is 0 Å². The van der Waals surface area contributed by atoms with E-state index < -0.39 is 18.0 Å². The largest absolute Gasteiger partial charge is 0.391 e. The lowest BCUT2D eigenvalue weighted by Crippen LogP contribution is -2.30. The lowest BCUT2D eigenvalue weighted by molar-refractivity contribution is -0.157. The summed E-state index contributed by atoms with van der Waals surface area (Å²) in [6.07, 6.45) is 21.5. The Bertz CT molecular complexity index is 425. The Morgan fingerprint density at radius 1 is 0.833 bits per heavy atom. The minimum Gasteiger partial charge on any atom is -0.391 e. The maximum atomic E-state index is 11.3. The molecule has 0 saturated carbocycles. The van der Waals surface area contributed by atoms with Crippen molar-refractivity contribution in [2.45, 2.75) is 122 Å². The Morgan fingerprint density at radius 3 is 1.70 bits per heavy atom. The van der Waals surface area contributed by atoms with Crippen molar-refractivity contribution in [3.63, 3.8) is 0 Å². The Kier molecular flexibility index (Phi) is 21.6. The number of unbranched alkanes of at least 4 members (excludes halogenated alkanes) is 15. The fourth-order valence-corrected chi connectivity index (χ4v) is 3.53. The van der Waals surface area contributed by atoms with Gasteiger partial charge in [0.1, 0.15) is 0 Å². The maximum absolute atomic E-state index is 11.3. The fraction of sp³-hybridized carbons (Fsp3) is 0.840. The molecule has 0 aliphatic heterocycles. The molecule has 0 heterocycles. The number of nitrogens with one attached hydrogen (secondary N) is 1. The highest BCUT2D eigenvalue weighted by molar-refractivity contribution is 5.91. The molecule has 0 spiro atoms. The van der Waals surface area contributed by atoms with E-state index in [1.807, 2.05) is 0 Å². The predicted octanol–water partition coefficient (Wildman–Crippen LogP) is 5.84. The molecule has 0 rings (SSSR count). The maximum Gasteiger partial charge on any atom is 0.337 e. The highest BCUT2D eigenvalue weighted by Gasteiger charge is 2.13. The molecule has 30 heavy (non-hydrogen) atoms. The van der Waals surface area contributed by atoms with Crippen LogP contribution in [0.1, 0.15) is 116 Å². The van der Waals surface area contributed by atoms with Gasteiger partial charge in [-0.3, -0.25) is 4.79 Å². The molecule has 0 aliphatic rings. The number of esters is 2. The highest BCUT2D eigenvalue weighted by Crippen LogP contribution is 2.13. The van der Waals surface area contributed by atoms with Gasteiger partial charge < -0.3 is 15.2 Å². The number of rotatable bonds is 22. The third-order valence-corrected chi connectivity index (χ3v) is 5.37. The molecule has 5 heteroatoms. The average Bonchev–Trinajstić information content (AvgIpc) is 2.72. The summed E-state index contributed by atoms with van der Waals surface area (Å²) in [6.45, 7) is 6.65. The molecule has 5 nitrogen and oxygen atoms in total. The summed E-state index contributed by atoms with van der Waals surface area (Å²) in [5, 5.41) is 12.9. The second-order valence-corrected chi connectivity index (χ2v) is 8.36. The molecule has 0 saturated heterocycles. The molecule has 0 aromatic carbocycles. The van der Waals surface area contributed by atoms with E-state index in [1.165, 1.54) is 96.3 Å². The van der Waals surface area contributed by atoms with Crippen LogP contribution in [0.25, 0.3) is 0 Å². The van der Waals surface area contributed by atoms with Crippen molar-refractivity contribution in [1.29, 1.82) is 0 Å². The van der Waals surface area contributed by atoms with Crippen molar-refractivity contribution >= 4 is 11.9 Å². The van der Waals surface area contributed by atoms with Crippen LogP contribution in [-0.4, -0.2) is 36.2 Å². The zero-order valence-electron chi connectivity index (χ0n) is 19.5. The lowest BCUT2D eigenvalue weighted by Gasteiger charge is -2.10. The monoisotopic (exact) mass is 425 g/mol. The molecule has 0 aliphatic carbocycles. The van der Waals surface area contributed by atoms with Crippen LogP contribution in [0.5, 0.6) is 0 Å². The number of aliphatic hydroxyl groups is 1. The number of ether oxygens (including phenoxy) is 1. The Morgan fingerprint density at radius 2 is 1.27 bits per heavy atom. The molecule has 176 valence electrons. The standard InChI is InChI=1S/C25H47NO4/c1-3-5-6-7-8-9-10-11-12-13-14-15-16-17-18-19-20-26-22-23(27)21-25(29)30-24(28)4-2/h4,23,26-27H,2-3,5-22H2,1H3. The van der Waals surface area contributed by atoms with E-state index in [9.17, 15) is 14.7 Å². The third-order valence-electron chi connectivity index (χ3n) is 5.37. The van der Waals surface area contributed by atoms with Gasteiger partial charge in [-0.25, -0.2) is 4.79 Å². The first-order valence-corrected chi connectivity index (χ1v) is 12.4. The number of carbonyl (C=O) groups is 2. The average molecular weight is 426 g/mol. The number of aliphatic hydroxyl groups excluding tert-OH is 1. The molecular formula is C25H47NO4. The van der Waals surface area contributed by atoms with Crippen molar-refractivity contribution < 1.29 is 19.4 Å². The number of hydrogen-bond donors (Lipinski definition) is 2. The van der Waals surface area contributed by atoms with Gasteiger partial charge in [0.2, 0.25) is 0 Å². The highest BCUT2D eigenvalue weighted by atomic mass is 16.6. The van der Waals surface area contributed by atoms with E-state index in [2.05, 4.69) is 23.6 Å². The summed E-state index contributed by atoms with van der Waals surface area (Å²) >= 11 is 0. The van der Waals surface area contributed by atoms with Crippen LogP contribution in [0.2, 0.25) is 0 Å². The fourth-order valence-electron chi connectivity index (χ4n) is 3.53. The van der Waals surface area contributed by atoms with Gasteiger partial charge in [0, 0.05) is 12.6 Å². The third kappa shape index (κ3) is 21.5. The molecule has 0 fully saturated rings. The van der Waals surface area contributed by atoms with E-state index in [1.54, 1.807) is 0 Å². The molecule has 0 aromatic rings. The molecule has 0 radical (unpaired) electrons. The first kappa shape index (κ1) is 28.8. The summed E-state index contributed by atoms with van der Waals surface area (Å²) in [4.78, 5) is 22.2. The van der Waals surface area contributed by atoms with E-state index in [-0.39, 0.29) is 6.42 Å². The quantitative estimate of drug-likeness (QED) is 0.0985. The van der Waals surface area contributed by atoms with Gasteiger partial charge in [-0.1, -0.05) is 110 Å². The summed E-state index contributed by atoms with van der Waals surface area (Å²) in [5.74, 6) is -1.51. The summed E-state index contributed by atoms with van der Waals surface area (Å²) in [5.41, 5.74) is 0. The van der Waals surface area contributed by atoms with E-state index in [4.69, 9.17) is 0 Å². The van der Waals surface area contributed by atoms with Gasteiger partial charge in [-0.2, -0.15) is 0 Å². The van der Waals surface area contributed by atoms with Crippen LogP contribution >= 0.6 is 0 Å². The van der Waals surface area contributed by atoms with Crippen LogP contribution in [0, 0.1) is 0 Å². The van der Waals surface area contributed by atoms with Gasteiger partial charge in [0.05, 0.1) is 12.5 Å². The lowest BCUT2D eigenvalue weighted by atomic mass is 10.0. The van der Waals surface area contributed by atoms with Crippen molar-refractivity contribution in [3.8, 4) is 0 Å². The Balaban J connectivity index is 3.23. The predicted molar refractivity (Wildman–Crippen MR) is 124 cm³/mol. The minimum absolute atomic E-state index is 0.189. The van der Waals surface area contributed by atoms with Gasteiger partial charge >= 0.3 is 11.9 Å². The van der Waals surface area contributed by atoms with Crippen LogP contribution < -0.4 is 5.32 Å². The van der Waals surface area contributed by atoms with Gasteiger partial charge in [0.15, 0.2) is 0 Å². The minimum atomic E-state index is -0.837. The number of carbonyl (C=O) groups excluding carboxylic acids is 2. The van der Waals surface area contributed by atoms with Crippen molar-refractivity contribution in [1.82, 2.24) is 5.32 Å². The first-order valence-electron chi connectivity index (χ1n) is 12.4. The van der Waals surface area contributed by atoms with Crippen LogP contribution in [0.3, 0.4) is 0 Å². The summed E-state index contributed by atoms with van der Waals surface area (Å²) in [6, 6.07) is 0. The van der Waals surface area contributed by atoms with Gasteiger partial charge in [0.25, 0.3) is 0 Å². The molecule has 1 unspecified atom stereocenters. The van der Waals surface area contributed by atoms with Crippen molar-refractivity contribution in [2.75, 3.05) is 13.1 Å².